The molecule has 1 heterocycles. The number of aldehydes is 1. The van der Waals surface area contributed by atoms with Gasteiger partial charge in [-0.3, -0.25) is 0 Å². The molecule has 0 bridgehead atoms. The maximum atomic E-state index is 11.3. The van der Waals surface area contributed by atoms with Crippen LogP contribution < -0.4 is 0 Å². The number of hydrogen-bond acceptors (Lipinski definition) is 7. The van der Waals surface area contributed by atoms with Crippen LogP contribution >= 0.6 is 0 Å². The van der Waals surface area contributed by atoms with Crippen LogP contribution in [0.4, 0.5) is 0 Å². The summed E-state index contributed by atoms with van der Waals surface area (Å²) in [7, 11) is 0. The van der Waals surface area contributed by atoms with Crippen LogP contribution in [0.3, 0.4) is 0 Å². The summed E-state index contributed by atoms with van der Waals surface area (Å²) in [4.78, 5) is 11.3. The van der Waals surface area contributed by atoms with E-state index in [-0.39, 0.29) is 0 Å². The zero-order chi connectivity index (χ0) is 15.6. The summed E-state index contributed by atoms with van der Waals surface area (Å²) in [5.74, 6) is 0. The summed E-state index contributed by atoms with van der Waals surface area (Å²) >= 11 is 0. The fraction of sp³-hybridized carbons (Fsp3) is 0.786. The highest BCUT2D eigenvalue weighted by Gasteiger charge is 2.46. The normalized spacial score (nSPS) is 47.3. The molecule has 1 fully saturated rings. The highest BCUT2D eigenvalue weighted by molar-refractivity contribution is 5.61. The summed E-state index contributed by atoms with van der Waals surface area (Å²) in [5.41, 5.74) is -0.743. The van der Waals surface area contributed by atoms with Crippen LogP contribution in [0.5, 0.6) is 0 Å². The standard InChI is InChI=1S/C14H22O7/c1-14(7-16)5-3-2-4-9(14)21-13-12(19)11(18)10(17)8(6-15)20-13/h2,4,7-13,15,17-19H,3,5-6H2,1H3/t8-,9+,10-,11+,12-,13-,14+/m1/s1. The Balaban J connectivity index is 2.12. The largest absolute Gasteiger partial charge is 0.394 e. The molecule has 7 heteroatoms. The van der Waals surface area contributed by atoms with E-state index in [4.69, 9.17) is 14.6 Å². The maximum absolute atomic E-state index is 11.3. The van der Waals surface area contributed by atoms with E-state index >= 15 is 0 Å². The van der Waals surface area contributed by atoms with Crippen molar-refractivity contribution in [3.8, 4) is 0 Å². The molecule has 1 saturated heterocycles. The molecule has 0 aromatic rings. The second-order valence-electron chi connectivity index (χ2n) is 5.84. The van der Waals surface area contributed by atoms with Gasteiger partial charge >= 0.3 is 0 Å². The van der Waals surface area contributed by atoms with Crippen molar-refractivity contribution in [3.05, 3.63) is 12.2 Å². The molecule has 4 N–H and O–H groups in total. The van der Waals surface area contributed by atoms with Gasteiger partial charge in [-0.15, -0.1) is 0 Å². The van der Waals surface area contributed by atoms with Crippen LogP contribution in [0.15, 0.2) is 12.2 Å². The monoisotopic (exact) mass is 302 g/mol. The topological polar surface area (TPSA) is 116 Å². The highest BCUT2D eigenvalue weighted by Crippen LogP contribution is 2.35. The van der Waals surface area contributed by atoms with Gasteiger partial charge in [0.1, 0.15) is 30.7 Å². The molecule has 0 aromatic heterocycles. The molecule has 1 aliphatic carbocycles. The van der Waals surface area contributed by atoms with Gasteiger partial charge in [0.2, 0.25) is 0 Å². The third-order valence-corrected chi connectivity index (χ3v) is 4.21. The first kappa shape index (κ1) is 16.5. The molecule has 0 saturated carbocycles. The first-order valence-corrected chi connectivity index (χ1v) is 7.02. The van der Waals surface area contributed by atoms with E-state index < -0.39 is 48.8 Å². The lowest BCUT2D eigenvalue weighted by molar-refractivity contribution is -0.313. The quantitative estimate of drug-likeness (QED) is 0.378. The first-order chi connectivity index (χ1) is 9.92. The molecule has 1 aliphatic heterocycles. The van der Waals surface area contributed by atoms with E-state index in [1.54, 1.807) is 13.0 Å². The van der Waals surface area contributed by atoms with E-state index in [9.17, 15) is 20.1 Å². The van der Waals surface area contributed by atoms with Gasteiger partial charge in [-0.25, -0.2) is 0 Å². The van der Waals surface area contributed by atoms with E-state index in [0.29, 0.717) is 6.42 Å². The molecule has 7 atom stereocenters. The number of hydrogen-bond donors (Lipinski definition) is 4. The summed E-state index contributed by atoms with van der Waals surface area (Å²) in [5, 5.41) is 38.5. The molecule has 2 rings (SSSR count). The molecular weight excluding hydrogens is 280 g/mol. The summed E-state index contributed by atoms with van der Waals surface area (Å²) in [6, 6.07) is 0. The Kier molecular flexibility index (Phi) is 5.13. The van der Waals surface area contributed by atoms with Crippen molar-refractivity contribution in [2.24, 2.45) is 5.41 Å². The van der Waals surface area contributed by atoms with Crippen molar-refractivity contribution < 1.29 is 34.7 Å². The van der Waals surface area contributed by atoms with Crippen LogP contribution in [0, 0.1) is 5.41 Å². The zero-order valence-electron chi connectivity index (χ0n) is 11.8. The van der Waals surface area contributed by atoms with Crippen molar-refractivity contribution in [2.45, 2.75) is 56.6 Å². The number of aliphatic hydroxyl groups excluding tert-OH is 4. The third kappa shape index (κ3) is 3.18. The number of rotatable bonds is 4. The number of aliphatic hydroxyl groups is 4. The molecular formula is C14H22O7. The predicted molar refractivity (Wildman–Crippen MR) is 71.2 cm³/mol. The highest BCUT2D eigenvalue weighted by atomic mass is 16.7. The minimum atomic E-state index is -1.49. The van der Waals surface area contributed by atoms with Crippen molar-refractivity contribution in [3.63, 3.8) is 0 Å². The van der Waals surface area contributed by atoms with Crippen LogP contribution in [0.2, 0.25) is 0 Å². The fourth-order valence-corrected chi connectivity index (χ4v) is 2.63. The second kappa shape index (κ2) is 6.51. The molecule has 7 nitrogen and oxygen atoms in total. The van der Waals surface area contributed by atoms with Crippen LogP contribution in [-0.4, -0.2) is 70.1 Å². The third-order valence-electron chi connectivity index (χ3n) is 4.21. The molecule has 21 heavy (non-hydrogen) atoms. The molecule has 0 spiro atoms. The minimum absolute atomic E-state index is 0.518. The molecule has 0 unspecified atom stereocenters. The Bertz CT molecular complexity index is 397. The van der Waals surface area contributed by atoms with E-state index in [1.165, 1.54) is 0 Å². The Morgan fingerprint density at radius 1 is 1.33 bits per heavy atom. The van der Waals surface area contributed by atoms with Gasteiger partial charge in [0.15, 0.2) is 6.29 Å². The van der Waals surface area contributed by atoms with Gasteiger partial charge in [0.05, 0.1) is 18.1 Å². The lowest BCUT2D eigenvalue weighted by Crippen LogP contribution is -2.60. The smallest absolute Gasteiger partial charge is 0.187 e. The van der Waals surface area contributed by atoms with Crippen LogP contribution in [0.1, 0.15) is 19.8 Å². The van der Waals surface area contributed by atoms with Gasteiger partial charge in [0.25, 0.3) is 0 Å². The van der Waals surface area contributed by atoms with Gasteiger partial charge < -0.3 is 34.7 Å². The van der Waals surface area contributed by atoms with E-state index in [2.05, 4.69) is 0 Å². The number of carbonyl (C=O) groups excluding carboxylic acids is 1. The van der Waals surface area contributed by atoms with Gasteiger partial charge in [-0.2, -0.15) is 0 Å². The second-order valence-corrected chi connectivity index (χ2v) is 5.84. The lowest BCUT2D eigenvalue weighted by Gasteiger charge is -2.43. The molecule has 2 aliphatic rings. The molecule has 0 amide bonds. The van der Waals surface area contributed by atoms with Gasteiger partial charge in [-0.05, 0) is 12.8 Å². The van der Waals surface area contributed by atoms with Gasteiger partial charge in [-0.1, -0.05) is 19.1 Å². The van der Waals surface area contributed by atoms with Crippen molar-refractivity contribution >= 4 is 6.29 Å². The maximum Gasteiger partial charge on any atom is 0.187 e. The number of allylic oxidation sites excluding steroid dienone is 1. The lowest BCUT2D eigenvalue weighted by atomic mass is 9.78. The molecule has 0 aromatic carbocycles. The Morgan fingerprint density at radius 2 is 2.05 bits per heavy atom. The Labute approximate surface area is 122 Å². The fourth-order valence-electron chi connectivity index (χ4n) is 2.63. The van der Waals surface area contributed by atoms with Crippen LogP contribution in [-0.2, 0) is 14.3 Å². The van der Waals surface area contributed by atoms with Crippen molar-refractivity contribution in [2.75, 3.05) is 6.61 Å². The zero-order valence-corrected chi connectivity index (χ0v) is 11.8. The Morgan fingerprint density at radius 3 is 2.67 bits per heavy atom. The number of carbonyl (C=O) groups is 1. The average molecular weight is 302 g/mol. The first-order valence-electron chi connectivity index (χ1n) is 7.02. The molecule has 120 valence electrons. The summed E-state index contributed by atoms with van der Waals surface area (Å²) in [6.45, 7) is 1.23. The minimum Gasteiger partial charge on any atom is -0.394 e. The van der Waals surface area contributed by atoms with Gasteiger partial charge in [0, 0.05) is 0 Å². The van der Waals surface area contributed by atoms with Crippen molar-refractivity contribution in [1.82, 2.24) is 0 Å². The number of ether oxygens (including phenoxy) is 2. The van der Waals surface area contributed by atoms with Crippen LogP contribution in [0.25, 0.3) is 0 Å². The van der Waals surface area contributed by atoms with Crippen molar-refractivity contribution in [1.29, 1.82) is 0 Å². The SMILES string of the molecule is C[C@@]1(C=O)CCC=C[C@@H]1O[C@H]1O[C@H](CO)[C@@H](O)[C@H](O)[C@H]1O. The Hall–Kier alpha value is -0.830. The summed E-state index contributed by atoms with van der Waals surface area (Å²) < 4.78 is 10.9. The summed E-state index contributed by atoms with van der Waals surface area (Å²) in [6.07, 6.45) is -1.47. The van der Waals surface area contributed by atoms with E-state index in [0.717, 1.165) is 12.7 Å². The molecule has 0 radical (unpaired) electrons. The predicted octanol–water partition coefficient (Wildman–Crippen LogP) is -1.27. The van der Waals surface area contributed by atoms with E-state index in [1.807, 2.05) is 6.08 Å². The average Bonchev–Trinajstić information content (AvgIpc) is 2.50.